The molecule has 1 aliphatic carbocycles. The lowest BCUT2D eigenvalue weighted by Gasteiger charge is -2.33. The van der Waals surface area contributed by atoms with Crippen molar-refractivity contribution >= 4 is 32.6 Å². The standard InChI is InChI=1S/C21H26N2O5S/c24-20(23(16-5-1-2-6-16)17-9-10-29(26,27)14-17)13-28-21(25)11-15-12-22-19-8-4-3-7-18(15)19/h3-4,7-8,12,16-17,22H,1-2,5-6,9-11,13-14H2/t17-/m0/s1. The number of hydrogen-bond donors (Lipinski definition) is 1. The van der Waals surface area contributed by atoms with Crippen LogP contribution in [0, 0.1) is 0 Å². The average molecular weight is 419 g/mol. The van der Waals surface area contributed by atoms with Crippen LogP contribution < -0.4 is 0 Å². The van der Waals surface area contributed by atoms with E-state index in [0.29, 0.717) is 6.42 Å². The summed E-state index contributed by atoms with van der Waals surface area (Å²) in [6, 6.07) is 7.44. The Hall–Kier alpha value is -2.35. The van der Waals surface area contributed by atoms with E-state index in [4.69, 9.17) is 4.74 Å². The van der Waals surface area contributed by atoms with Crippen molar-refractivity contribution in [1.29, 1.82) is 0 Å². The zero-order valence-corrected chi connectivity index (χ0v) is 17.1. The van der Waals surface area contributed by atoms with Crippen molar-refractivity contribution in [2.75, 3.05) is 18.1 Å². The summed E-state index contributed by atoms with van der Waals surface area (Å²) in [4.78, 5) is 30.0. The molecule has 2 fully saturated rings. The molecule has 2 aliphatic rings. The highest BCUT2D eigenvalue weighted by atomic mass is 32.2. The second-order valence-electron chi connectivity index (χ2n) is 7.99. The largest absolute Gasteiger partial charge is 0.455 e. The number of amides is 1. The number of esters is 1. The number of aromatic amines is 1. The second kappa shape index (κ2) is 8.18. The number of hydrogen-bond acceptors (Lipinski definition) is 5. The van der Waals surface area contributed by atoms with Gasteiger partial charge in [-0.2, -0.15) is 0 Å². The summed E-state index contributed by atoms with van der Waals surface area (Å²) in [7, 11) is -3.10. The Morgan fingerprint density at radius 1 is 1.10 bits per heavy atom. The molecule has 156 valence electrons. The number of rotatable bonds is 6. The smallest absolute Gasteiger partial charge is 0.310 e. The third-order valence-corrected chi connectivity index (χ3v) is 7.72. The van der Waals surface area contributed by atoms with Crippen LogP contribution in [-0.2, 0) is 30.6 Å². The Labute approximate surface area is 170 Å². The Balaban J connectivity index is 1.39. The molecule has 4 rings (SSSR count). The lowest BCUT2D eigenvalue weighted by molar-refractivity contribution is -0.153. The summed E-state index contributed by atoms with van der Waals surface area (Å²) >= 11 is 0. The molecule has 1 aromatic carbocycles. The summed E-state index contributed by atoms with van der Waals surface area (Å²) in [6.07, 6.45) is 6.16. The fraction of sp³-hybridized carbons (Fsp3) is 0.524. The summed E-state index contributed by atoms with van der Waals surface area (Å²) in [5.74, 6) is -0.618. The second-order valence-corrected chi connectivity index (χ2v) is 10.2. The Morgan fingerprint density at radius 2 is 1.86 bits per heavy atom. The fourth-order valence-electron chi connectivity index (χ4n) is 4.58. The van der Waals surface area contributed by atoms with Crippen LogP contribution in [0.25, 0.3) is 10.9 Å². The number of nitrogens with one attached hydrogen (secondary N) is 1. The van der Waals surface area contributed by atoms with Crippen molar-refractivity contribution < 1.29 is 22.7 Å². The summed E-state index contributed by atoms with van der Waals surface area (Å²) in [5, 5.41) is 0.958. The number of carbonyl (C=O) groups excluding carboxylic acids is 2. The van der Waals surface area contributed by atoms with Crippen molar-refractivity contribution in [1.82, 2.24) is 9.88 Å². The average Bonchev–Trinajstić information content (AvgIpc) is 3.42. The number of aromatic nitrogens is 1. The SMILES string of the molecule is O=C(Cc1c[nH]c2ccccc12)OCC(=O)N(C1CCCC1)[C@H]1CCS(=O)(=O)C1. The molecular formula is C21H26N2O5S. The molecule has 0 spiro atoms. The van der Waals surface area contributed by atoms with Gasteiger partial charge in [-0.3, -0.25) is 9.59 Å². The van der Waals surface area contributed by atoms with Crippen LogP contribution in [0.4, 0.5) is 0 Å². The van der Waals surface area contributed by atoms with E-state index in [1.807, 2.05) is 24.3 Å². The topological polar surface area (TPSA) is 96.5 Å². The third-order valence-electron chi connectivity index (χ3n) is 5.97. The van der Waals surface area contributed by atoms with Gasteiger partial charge in [0.05, 0.1) is 17.9 Å². The van der Waals surface area contributed by atoms with Gasteiger partial charge in [-0.15, -0.1) is 0 Å². The summed E-state index contributed by atoms with van der Waals surface area (Å²) in [5.41, 5.74) is 1.77. The highest BCUT2D eigenvalue weighted by Crippen LogP contribution is 2.29. The minimum absolute atomic E-state index is 0.0124. The van der Waals surface area contributed by atoms with Crippen molar-refractivity contribution in [3.8, 4) is 0 Å². The molecule has 1 aromatic heterocycles. The van der Waals surface area contributed by atoms with Crippen molar-refractivity contribution in [3.63, 3.8) is 0 Å². The molecule has 1 atom stereocenters. The van der Waals surface area contributed by atoms with Gasteiger partial charge in [-0.1, -0.05) is 31.0 Å². The number of benzene rings is 1. The minimum atomic E-state index is -3.10. The highest BCUT2D eigenvalue weighted by Gasteiger charge is 2.39. The van der Waals surface area contributed by atoms with E-state index in [2.05, 4.69) is 4.98 Å². The molecule has 0 radical (unpaired) electrons. The molecule has 8 heteroatoms. The van der Waals surface area contributed by atoms with E-state index in [1.54, 1.807) is 11.1 Å². The zero-order valence-electron chi connectivity index (χ0n) is 16.3. The van der Waals surface area contributed by atoms with E-state index >= 15 is 0 Å². The number of para-hydroxylation sites is 1. The first-order valence-electron chi connectivity index (χ1n) is 10.2. The van der Waals surface area contributed by atoms with Gasteiger partial charge in [0.15, 0.2) is 16.4 Å². The van der Waals surface area contributed by atoms with Gasteiger partial charge in [0.1, 0.15) is 0 Å². The number of nitrogens with zero attached hydrogens (tertiary/aromatic N) is 1. The first-order valence-corrected chi connectivity index (χ1v) is 12.0. The molecule has 1 amide bonds. The first-order chi connectivity index (χ1) is 13.9. The van der Waals surface area contributed by atoms with Crippen LogP contribution >= 0.6 is 0 Å². The molecule has 1 saturated heterocycles. The van der Waals surface area contributed by atoms with E-state index < -0.39 is 15.8 Å². The molecule has 1 aliphatic heterocycles. The number of H-pyrrole nitrogens is 1. The summed E-state index contributed by atoms with van der Waals surface area (Å²) < 4.78 is 29.1. The van der Waals surface area contributed by atoms with Crippen molar-refractivity contribution in [2.24, 2.45) is 0 Å². The van der Waals surface area contributed by atoms with Gasteiger partial charge < -0.3 is 14.6 Å². The van der Waals surface area contributed by atoms with Gasteiger partial charge in [0.2, 0.25) is 0 Å². The quantitative estimate of drug-likeness (QED) is 0.726. The molecular weight excluding hydrogens is 392 g/mol. The maximum absolute atomic E-state index is 12.9. The predicted molar refractivity (Wildman–Crippen MR) is 109 cm³/mol. The van der Waals surface area contributed by atoms with E-state index in [1.165, 1.54) is 0 Å². The fourth-order valence-corrected chi connectivity index (χ4v) is 6.30. The summed E-state index contributed by atoms with van der Waals surface area (Å²) in [6.45, 7) is -0.339. The third kappa shape index (κ3) is 4.47. The maximum Gasteiger partial charge on any atom is 0.310 e. The Kier molecular flexibility index (Phi) is 5.63. The maximum atomic E-state index is 12.9. The normalized spacial score (nSPS) is 21.4. The number of ether oxygens (including phenoxy) is 1. The van der Waals surface area contributed by atoms with Crippen LogP contribution in [-0.4, -0.2) is 60.4 Å². The van der Waals surface area contributed by atoms with Crippen LogP contribution in [0.5, 0.6) is 0 Å². The zero-order chi connectivity index (χ0) is 20.4. The van der Waals surface area contributed by atoms with Crippen LogP contribution in [0.2, 0.25) is 0 Å². The molecule has 0 bridgehead atoms. The molecule has 2 heterocycles. The molecule has 1 N–H and O–H groups in total. The lowest BCUT2D eigenvalue weighted by Crippen LogP contribution is -2.48. The molecule has 7 nitrogen and oxygen atoms in total. The Morgan fingerprint density at radius 3 is 2.59 bits per heavy atom. The molecule has 0 unspecified atom stereocenters. The lowest BCUT2D eigenvalue weighted by atomic mass is 10.1. The molecule has 29 heavy (non-hydrogen) atoms. The van der Waals surface area contributed by atoms with Gasteiger partial charge in [-0.05, 0) is 30.9 Å². The van der Waals surface area contributed by atoms with Crippen molar-refractivity contribution in [3.05, 3.63) is 36.0 Å². The van der Waals surface area contributed by atoms with E-state index in [-0.39, 0.29) is 42.5 Å². The minimum Gasteiger partial charge on any atom is -0.455 e. The van der Waals surface area contributed by atoms with Gasteiger partial charge in [0.25, 0.3) is 5.91 Å². The van der Waals surface area contributed by atoms with Crippen LogP contribution in [0.3, 0.4) is 0 Å². The van der Waals surface area contributed by atoms with Crippen LogP contribution in [0.1, 0.15) is 37.7 Å². The highest BCUT2D eigenvalue weighted by molar-refractivity contribution is 7.91. The first kappa shape index (κ1) is 19.9. The Bertz CT molecular complexity index is 1010. The monoisotopic (exact) mass is 418 g/mol. The number of fused-ring (bicyclic) bond motifs is 1. The number of carbonyl (C=O) groups is 2. The van der Waals surface area contributed by atoms with E-state index in [0.717, 1.165) is 42.1 Å². The molecule has 1 saturated carbocycles. The molecule has 2 aromatic rings. The number of sulfone groups is 1. The van der Waals surface area contributed by atoms with Gasteiger partial charge in [0, 0.05) is 29.2 Å². The van der Waals surface area contributed by atoms with Crippen LogP contribution in [0.15, 0.2) is 30.5 Å². The van der Waals surface area contributed by atoms with Gasteiger partial charge >= 0.3 is 5.97 Å². The van der Waals surface area contributed by atoms with Gasteiger partial charge in [-0.25, -0.2) is 8.42 Å². The van der Waals surface area contributed by atoms with E-state index in [9.17, 15) is 18.0 Å². The van der Waals surface area contributed by atoms with Crippen molar-refractivity contribution in [2.45, 2.75) is 50.6 Å². The predicted octanol–water partition coefficient (Wildman–Crippen LogP) is 2.21.